The summed E-state index contributed by atoms with van der Waals surface area (Å²) < 4.78 is 5.20. The molecule has 6 nitrogen and oxygen atoms in total. The molecule has 0 heterocycles. The quantitative estimate of drug-likeness (QED) is 0.522. The van der Waals surface area contributed by atoms with Gasteiger partial charge in [0.1, 0.15) is 0 Å². The highest BCUT2D eigenvalue weighted by atomic mass is 16.5. The molecule has 0 aliphatic rings. The van der Waals surface area contributed by atoms with Crippen LogP contribution in [0.5, 0.6) is 0 Å². The van der Waals surface area contributed by atoms with E-state index in [2.05, 4.69) is 0 Å². The van der Waals surface area contributed by atoms with Gasteiger partial charge in [0.05, 0.1) is 6.54 Å². The SMILES string of the molecule is CCOCCCC(=O)N(CC(N)=O)Cc1ccccc1N. The molecule has 0 aromatic heterocycles. The summed E-state index contributed by atoms with van der Waals surface area (Å²) >= 11 is 0. The van der Waals surface area contributed by atoms with E-state index in [1.54, 1.807) is 6.07 Å². The molecule has 0 aliphatic heterocycles. The summed E-state index contributed by atoms with van der Waals surface area (Å²) in [4.78, 5) is 24.7. The Morgan fingerprint density at radius 2 is 2.00 bits per heavy atom. The Morgan fingerprint density at radius 1 is 1.29 bits per heavy atom. The molecule has 116 valence electrons. The number of hydrogen-bond acceptors (Lipinski definition) is 4. The molecule has 0 bridgehead atoms. The summed E-state index contributed by atoms with van der Waals surface area (Å²) in [5, 5.41) is 0. The third kappa shape index (κ3) is 6.27. The number of para-hydroxylation sites is 1. The van der Waals surface area contributed by atoms with E-state index in [9.17, 15) is 9.59 Å². The Labute approximate surface area is 125 Å². The maximum Gasteiger partial charge on any atom is 0.237 e. The van der Waals surface area contributed by atoms with Gasteiger partial charge >= 0.3 is 0 Å². The average molecular weight is 293 g/mol. The predicted molar refractivity (Wildman–Crippen MR) is 81.2 cm³/mol. The fourth-order valence-corrected chi connectivity index (χ4v) is 1.93. The van der Waals surface area contributed by atoms with Crippen LogP contribution < -0.4 is 11.5 Å². The van der Waals surface area contributed by atoms with Crippen molar-refractivity contribution in [3.05, 3.63) is 29.8 Å². The number of hydrogen-bond donors (Lipinski definition) is 2. The van der Waals surface area contributed by atoms with Crippen LogP contribution in [0, 0.1) is 0 Å². The van der Waals surface area contributed by atoms with Crippen LogP contribution in [0.1, 0.15) is 25.3 Å². The molecule has 1 aromatic rings. The van der Waals surface area contributed by atoms with Crippen molar-refractivity contribution in [3.63, 3.8) is 0 Å². The third-order valence-corrected chi connectivity index (χ3v) is 3.00. The Kier molecular flexibility index (Phi) is 7.25. The number of nitrogen functional groups attached to an aromatic ring is 1. The molecule has 6 heteroatoms. The lowest BCUT2D eigenvalue weighted by molar-refractivity contribution is -0.136. The first kappa shape index (κ1) is 17.0. The van der Waals surface area contributed by atoms with E-state index in [0.29, 0.717) is 31.7 Å². The Bertz CT molecular complexity index is 477. The van der Waals surface area contributed by atoms with E-state index in [4.69, 9.17) is 16.2 Å². The molecule has 0 fully saturated rings. The topological polar surface area (TPSA) is 98.6 Å². The first-order valence-electron chi connectivity index (χ1n) is 7.01. The molecule has 0 spiro atoms. The highest BCUT2D eigenvalue weighted by molar-refractivity contribution is 5.83. The summed E-state index contributed by atoms with van der Waals surface area (Å²) in [6, 6.07) is 7.25. The Morgan fingerprint density at radius 3 is 2.62 bits per heavy atom. The van der Waals surface area contributed by atoms with Gasteiger partial charge in [0.15, 0.2) is 0 Å². The maximum atomic E-state index is 12.2. The summed E-state index contributed by atoms with van der Waals surface area (Å²) in [7, 11) is 0. The second kappa shape index (κ2) is 8.97. The van der Waals surface area contributed by atoms with Crippen molar-refractivity contribution in [2.75, 3.05) is 25.5 Å². The molecule has 1 aromatic carbocycles. The number of nitrogens with two attached hydrogens (primary N) is 2. The standard InChI is InChI=1S/C15H23N3O3/c1-2-21-9-5-8-15(20)18(11-14(17)19)10-12-6-3-4-7-13(12)16/h3-4,6-7H,2,5,8-11,16H2,1H3,(H2,17,19). The van der Waals surface area contributed by atoms with Crippen molar-refractivity contribution in [2.24, 2.45) is 5.73 Å². The molecule has 0 aliphatic carbocycles. The highest BCUT2D eigenvalue weighted by Crippen LogP contribution is 2.14. The molecular weight excluding hydrogens is 270 g/mol. The molecule has 0 radical (unpaired) electrons. The molecule has 0 saturated carbocycles. The fraction of sp³-hybridized carbons (Fsp3) is 0.467. The van der Waals surface area contributed by atoms with Crippen LogP contribution in [0.4, 0.5) is 5.69 Å². The highest BCUT2D eigenvalue weighted by Gasteiger charge is 2.16. The first-order chi connectivity index (χ1) is 10.0. The van der Waals surface area contributed by atoms with Crippen molar-refractivity contribution in [2.45, 2.75) is 26.3 Å². The molecule has 1 rings (SSSR count). The van der Waals surface area contributed by atoms with E-state index in [0.717, 1.165) is 5.56 Å². The molecule has 0 unspecified atom stereocenters. The molecule has 4 N–H and O–H groups in total. The van der Waals surface area contributed by atoms with Gasteiger partial charge in [0.2, 0.25) is 11.8 Å². The molecule has 2 amide bonds. The van der Waals surface area contributed by atoms with Crippen molar-refractivity contribution < 1.29 is 14.3 Å². The number of rotatable bonds is 9. The van der Waals surface area contributed by atoms with Crippen LogP contribution in [-0.2, 0) is 20.9 Å². The van der Waals surface area contributed by atoms with Crippen LogP contribution in [0.25, 0.3) is 0 Å². The van der Waals surface area contributed by atoms with Crippen LogP contribution in [0.2, 0.25) is 0 Å². The second-order valence-corrected chi connectivity index (χ2v) is 4.72. The molecule has 0 saturated heterocycles. The number of primary amides is 1. The molecule has 0 atom stereocenters. The Balaban J connectivity index is 2.64. The molecule has 21 heavy (non-hydrogen) atoms. The minimum atomic E-state index is -0.539. The summed E-state index contributed by atoms with van der Waals surface area (Å²) in [5.41, 5.74) is 12.5. The van der Waals surface area contributed by atoms with Crippen LogP contribution in [-0.4, -0.2) is 36.5 Å². The van der Waals surface area contributed by atoms with Gasteiger partial charge in [-0.1, -0.05) is 18.2 Å². The Hall–Kier alpha value is -2.08. The lowest BCUT2D eigenvalue weighted by Crippen LogP contribution is -2.38. The van der Waals surface area contributed by atoms with Gasteiger partial charge in [-0.25, -0.2) is 0 Å². The summed E-state index contributed by atoms with van der Waals surface area (Å²) in [5.74, 6) is -0.667. The third-order valence-electron chi connectivity index (χ3n) is 3.00. The number of carbonyl (C=O) groups is 2. The van der Waals surface area contributed by atoms with Crippen LogP contribution in [0.3, 0.4) is 0 Å². The van der Waals surface area contributed by atoms with Gasteiger partial charge in [0, 0.05) is 31.9 Å². The van der Waals surface area contributed by atoms with Gasteiger partial charge in [-0.15, -0.1) is 0 Å². The van der Waals surface area contributed by atoms with Gasteiger partial charge in [0.25, 0.3) is 0 Å². The minimum absolute atomic E-state index is 0.109. The lowest BCUT2D eigenvalue weighted by atomic mass is 10.1. The number of ether oxygens (including phenoxy) is 1. The largest absolute Gasteiger partial charge is 0.398 e. The molecular formula is C15H23N3O3. The second-order valence-electron chi connectivity index (χ2n) is 4.72. The van der Waals surface area contributed by atoms with E-state index in [1.807, 2.05) is 25.1 Å². The number of amides is 2. The van der Waals surface area contributed by atoms with E-state index >= 15 is 0 Å². The summed E-state index contributed by atoms with van der Waals surface area (Å²) in [6.07, 6.45) is 0.937. The number of nitrogens with zero attached hydrogens (tertiary/aromatic N) is 1. The van der Waals surface area contributed by atoms with E-state index in [-0.39, 0.29) is 19.0 Å². The number of benzene rings is 1. The number of carbonyl (C=O) groups excluding carboxylic acids is 2. The zero-order valence-electron chi connectivity index (χ0n) is 12.4. The van der Waals surface area contributed by atoms with E-state index in [1.165, 1.54) is 4.90 Å². The fourth-order valence-electron chi connectivity index (χ4n) is 1.93. The average Bonchev–Trinajstić information content (AvgIpc) is 2.44. The normalized spacial score (nSPS) is 10.3. The smallest absolute Gasteiger partial charge is 0.237 e. The van der Waals surface area contributed by atoms with E-state index < -0.39 is 5.91 Å². The first-order valence-corrected chi connectivity index (χ1v) is 7.01. The zero-order valence-corrected chi connectivity index (χ0v) is 12.4. The van der Waals surface area contributed by atoms with Gasteiger partial charge in [-0.2, -0.15) is 0 Å². The van der Waals surface area contributed by atoms with Crippen LogP contribution >= 0.6 is 0 Å². The summed E-state index contributed by atoms with van der Waals surface area (Å²) in [6.45, 7) is 3.23. The van der Waals surface area contributed by atoms with Crippen LogP contribution in [0.15, 0.2) is 24.3 Å². The minimum Gasteiger partial charge on any atom is -0.398 e. The lowest BCUT2D eigenvalue weighted by Gasteiger charge is -2.22. The van der Waals surface area contributed by atoms with Crippen molar-refractivity contribution in [3.8, 4) is 0 Å². The van der Waals surface area contributed by atoms with Gasteiger partial charge in [-0.3, -0.25) is 9.59 Å². The maximum absolute atomic E-state index is 12.2. The van der Waals surface area contributed by atoms with Crippen molar-refractivity contribution in [1.29, 1.82) is 0 Å². The monoisotopic (exact) mass is 293 g/mol. The van der Waals surface area contributed by atoms with Crippen molar-refractivity contribution >= 4 is 17.5 Å². The van der Waals surface area contributed by atoms with Crippen molar-refractivity contribution in [1.82, 2.24) is 4.90 Å². The van der Waals surface area contributed by atoms with Gasteiger partial charge < -0.3 is 21.1 Å². The van der Waals surface area contributed by atoms with Gasteiger partial charge in [-0.05, 0) is 25.0 Å². The number of anilines is 1. The predicted octanol–water partition coefficient (Wildman–Crippen LogP) is 0.899. The zero-order chi connectivity index (χ0) is 15.7.